The van der Waals surface area contributed by atoms with E-state index in [2.05, 4.69) is 44.6 Å². The van der Waals surface area contributed by atoms with Crippen LogP contribution < -0.4 is 16.2 Å². The van der Waals surface area contributed by atoms with Crippen LogP contribution in [0.1, 0.15) is 5.56 Å². The number of aryl methyl sites for hydroxylation is 1. The van der Waals surface area contributed by atoms with E-state index in [1.807, 2.05) is 24.1 Å². The maximum absolute atomic E-state index is 5.41. The molecule has 3 rings (SSSR count). The number of hydrogen-bond acceptors (Lipinski definition) is 6. The number of anilines is 3. The second-order valence-electron chi connectivity index (χ2n) is 4.54. The van der Waals surface area contributed by atoms with E-state index in [1.165, 1.54) is 5.56 Å². The third kappa shape index (κ3) is 2.04. The van der Waals surface area contributed by atoms with Crippen molar-refractivity contribution in [3.8, 4) is 0 Å². The lowest BCUT2D eigenvalue weighted by Gasteiger charge is -2.19. The molecule has 0 aliphatic rings. The van der Waals surface area contributed by atoms with Gasteiger partial charge in [-0.1, -0.05) is 17.7 Å². The quantitative estimate of drug-likeness (QED) is 0.495. The predicted octanol–water partition coefficient (Wildman–Crippen LogP) is 1.71. The fraction of sp³-hybridized carbons (Fsp3) is 0.154. The Kier molecular flexibility index (Phi) is 2.96. The van der Waals surface area contributed by atoms with Gasteiger partial charge in [-0.05, 0) is 19.1 Å². The van der Waals surface area contributed by atoms with Crippen molar-refractivity contribution in [2.75, 3.05) is 17.4 Å². The highest BCUT2D eigenvalue weighted by atomic mass is 15.3. The molecule has 0 bridgehead atoms. The zero-order valence-electron chi connectivity index (χ0n) is 11.3. The highest BCUT2D eigenvalue weighted by Gasteiger charge is 2.14. The van der Waals surface area contributed by atoms with Crippen molar-refractivity contribution in [3.05, 3.63) is 36.0 Å². The summed E-state index contributed by atoms with van der Waals surface area (Å²) in [4.78, 5) is 10.6. The fourth-order valence-corrected chi connectivity index (χ4v) is 2.03. The first-order chi connectivity index (χ1) is 9.69. The van der Waals surface area contributed by atoms with Crippen LogP contribution in [0.3, 0.4) is 0 Å². The fourth-order valence-electron chi connectivity index (χ4n) is 2.03. The van der Waals surface area contributed by atoms with Crippen LogP contribution >= 0.6 is 0 Å². The number of H-pyrrole nitrogens is 1. The summed E-state index contributed by atoms with van der Waals surface area (Å²) in [5.41, 5.74) is 5.35. The van der Waals surface area contributed by atoms with Crippen molar-refractivity contribution in [3.63, 3.8) is 0 Å². The third-order valence-corrected chi connectivity index (χ3v) is 3.16. The summed E-state index contributed by atoms with van der Waals surface area (Å²) < 4.78 is 0. The number of aromatic nitrogens is 4. The van der Waals surface area contributed by atoms with E-state index in [9.17, 15) is 0 Å². The Bertz CT molecular complexity index is 732. The van der Waals surface area contributed by atoms with Gasteiger partial charge >= 0.3 is 0 Å². The average molecular weight is 269 g/mol. The third-order valence-electron chi connectivity index (χ3n) is 3.16. The van der Waals surface area contributed by atoms with Gasteiger partial charge in [0.05, 0.1) is 11.6 Å². The molecule has 3 aromatic rings. The Balaban J connectivity index is 2.12. The first-order valence-electron chi connectivity index (χ1n) is 6.17. The number of rotatable bonds is 3. The largest absolute Gasteiger partial charge is 0.329 e. The van der Waals surface area contributed by atoms with Crippen molar-refractivity contribution in [1.29, 1.82) is 0 Å². The number of hydrazine groups is 1. The maximum Gasteiger partial charge on any atom is 0.241 e. The number of fused-ring (bicyclic) bond motifs is 1. The van der Waals surface area contributed by atoms with Gasteiger partial charge in [0.1, 0.15) is 5.82 Å². The van der Waals surface area contributed by atoms with Gasteiger partial charge in [-0.3, -0.25) is 10.5 Å². The summed E-state index contributed by atoms with van der Waals surface area (Å²) in [5, 5.41) is 7.67. The molecule has 0 aliphatic heterocycles. The number of benzene rings is 1. The number of nitrogen functional groups attached to an aromatic ring is 1. The monoisotopic (exact) mass is 269 g/mol. The molecule has 2 aromatic heterocycles. The van der Waals surface area contributed by atoms with E-state index in [-0.39, 0.29) is 0 Å². The first-order valence-corrected chi connectivity index (χ1v) is 6.17. The molecule has 7 nitrogen and oxygen atoms in total. The first kappa shape index (κ1) is 12.4. The Morgan fingerprint density at radius 2 is 1.95 bits per heavy atom. The summed E-state index contributed by atoms with van der Waals surface area (Å²) in [7, 11) is 1.94. The number of nitrogens with one attached hydrogen (secondary N) is 2. The Morgan fingerprint density at radius 3 is 2.65 bits per heavy atom. The molecule has 0 saturated heterocycles. The molecule has 20 heavy (non-hydrogen) atoms. The van der Waals surface area contributed by atoms with E-state index < -0.39 is 0 Å². The Hall–Kier alpha value is -2.67. The number of nitrogens with two attached hydrogens (primary N) is 1. The minimum Gasteiger partial charge on any atom is -0.329 e. The van der Waals surface area contributed by atoms with Crippen LogP contribution in [0, 0.1) is 6.92 Å². The standard InChI is InChI=1S/C13H15N7/c1-8-3-5-9(6-4-8)20(2)12-10-7-15-19-11(10)16-13(17-12)18-14/h3-7H,14H2,1-2H3,(H2,15,16,17,18,19). The minimum atomic E-state index is 0.343. The molecule has 0 atom stereocenters. The molecule has 0 aliphatic carbocycles. The molecule has 7 heteroatoms. The molecule has 2 heterocycles. The van der Waals surface area contributed by atoms with Crippen molar-refractivity contribution < 1.29 is 0 Å². The van der Waals surface area contributed by atoms with Crippen molar-refractivity contribution >= 4 is 28.5 Å². The number of nitrogens with zero attached hydrogens (tertiary/aromatic N) is 4. The van der Waals surface area contributed by atoms with Crippen LogP contribution in [0.15, 0.2) is 30.5 Å². The van der Waals surface area contributed by atoms with E-state index in [0.717, 1.165) is 16.9 Å². The van der Waals surface area contributed by atoms with Crippen LogP contribution in [0.25, 0.3) is 11.0 Å². The molecule has 0 saturated carbocycles. The van der Waals surface area contributed by atoms with Gasteiger partial charge in [0.15, 0.2) is 5.65 Å². The van der Waals surface area contributed by atoms with Gasteiger partial charge < -0.3 is 4.90 Å². The van der Waals surface area contributed by atoms with E-state index in [1.54, 1.807) is 6.20 Å². The van der Waals surface area contributed by atoms with Gasteiger partial charge in [-0.25, -0.2) is 5.84 Å². The van der Waals surface area contributed by atoms with E-state index >= 15 is 0 Å². The summed E-state index contributed by atoms with van der Waals surface area (Å²) in [6, 6.07) is 8.20. The lowest BCUT2D eigenvalue weighted by molar-refractivity contribution is 1.06. The zero-order valence-corrected chi connectivity index (χ0v) is 11.3. The van der Waals surface area contributed by atoms with E-state index in [0.29, 0.717) is 11.6 Å². The summed E-state index contributed by atoms with van der Waals surface area (Å²) >= 11 is 0. The minimum absolute atomic E-state index is 0.343. The maximum atomic E-state index is 5.41. The number of aromatic amines is 1. The van der Waals surface area contributed by atoms with Gasteiger partial charge in [-0.2, -0.15) is 15.1 Å². The van der Waals surface area contributed by atoms with Crippen LogP contribution in [-0.2, 0) is 0 Å². The highest BCUT2D eigenvalue weighted by Crippen LogP contribution is 2.28. The lowest BCUT2D eigenvalue weighted by Crippen LogP contribution is -2.16. The predicted molar refractivity (Wildman–Crippen MR) is 78.7 cm³/mol. The second-order valence-corrected chi connectivity index (χ2v) is 4.54. The Morgan fingerprint density at radius 1 is 1.20 bits per heavy atom. The summed E-state index contributed by atoms with van der Waals surface area (Å²) in [6.07, 6.45) is 1.70. The van der Waals surface area contributed by atoms with Crippen LogP contribution in [0.5, 0.6) is 0 Å². The zero-order chi connectivity index (χ0) is 14.1. The van der Waals surface area contributed by atoms with Gasteiger partial charge in [-0.15, -0.1) is 0 Å². The average Bonchev–Trinajstić information content (AvgIpc) is 2.94. The van der Waals surface area contributed by atoms with Crippen molar-refractivity contribution in [1.82, 2.24) is 20.2 Å². The van der Waals surface area contributed by atoms with Crippen LogP contribution in [0.2, 0.25) is 0 Å². The van der Waals surface area contributed by atoms with Crippen LogP contribution in [0.4, 0.5) is 17.5 Å². The highest BCUT2D eigenvalue weighted by molar-refractivity contribution is 5.89. The molecule has 102 valence electrons. The van der Waals surface area contributed by atoms with Gasteiger partial charge in [0, 0.05) is 12.7 Å². The molecule has 0 unspecified atom stereocenters. The normalized spacial score (nSPS) is 10.8. The molecule has 0 fully saturated rings. The van der Waals surface area contributed by atoms with Crippen LogP contribution in [-0.4, -0.2) is 27.2 Å². The lowest BCUT2D eigenvalue weighted by atomic mass is 10.2. The van der Waals surface area contributed by atoms with Gasteiger partial charge in [0.25, 0.3) is 0 Å². The van der Waals surface area contributed by atoms with Gasteiger partial charge in [0.2, 0.25) is 5.95 Å². The Labute approximate surface area is 115 Å². The summed E-state index contributed by atoms with van der Waals surface area (Å²) in [6.45, 7) is 2.05. The SMILES string of the molecule is Cc1ccc(N(C)c2nc(NN)nc3[nH]ncc23)cc1. The molecular formula is C13H15N7. The van der Waals surface area contributed by atoms with Crippen molar-refractivity contribution in [2.45, 2.75) is 6.92 Å². The van der Waals surface area contributed by atoms with E-state index in [4.69, 9.17) is 5.84 Å². The second kappa shape index (κ2) is 4.78. The molecule has 1 aromatic carbocycles. The smallest absolute Gasteiger partial charge is 0.241 e. The molecule has 0 radical (unpaired) electrons. The summed E-state index contributed by atoms with van der Waals surface area (Å²) in [5.74, 6) is 6.49. The topological polar surface area (TPSA) is 95.8 Å². The molecule has 4 N–H and O–H groups in total. The molecule has 0 amide bonds. The van der Waals surface area contributed by atoms with Crippen molar-refractivity contribution in [2.24, 2.45) is 5.84 Å². The number of hydrogen-bond donors (Lipinski definition) is 3. The molecule has 0 spiro atoms. The molecular weight excluding hydrogens is 254 g/mol.